The van der Waals surface area contributed by atoms with Gasteiger partial charge >= 0.3 is 5.97 Å². The Balaban J connectivity index is 2.06. The Kier molecular flexibility index (Phi) is 5.39. The van der Waals surface area contributed by atoms with Crippen LogP contribution in [0.2, 0.25) is 0 Å². The Morgan fingerprint density at radius 1 is 1.30 bits per heavy atom. The molecule has 0 saturated heterocycles. The number of carbonyl (C=O) groups excluding carboxylic acids is 1. The van der Waals surface area contributed by atoms with Crippen molar-refractivity contribution in [2.75, 3.05) is 0 Å². The molecule has 1 aromatic carbocycles. The molecule has 0 radical (unpaired) electrons. The van der Waals surface area contributed by atoms with E-state index in [1.165, 1.54) is 0 Å². The van der Waals surface area contributed by atoms with Crippen molar-refractivity contribution >= 4 is 22.8 Å². The summed E-state index contributed by atoms with van der Waals surface area (Å²) in [4.78, 5) is 26.6. The molecule has 0 aliphatic heterocycles. The number of amides is 1. The van der Waals surface area contributed by atoms with Crippen molar-refractivity contribution in [1.29, 1.82) is 0 Å². The second-order valence-corrected chi connectivity index (χ2v) is 6.22. The highest BCUT2D eigenvalue weighted by molar-refractivity contribution is 5.87. The molecule has 2 unspecified atom stereocenters. The third kappa shape index (κ3) is 4.56. The van der Waals surface area contributed by atoms with E-state index in [9.17, 15) is 14.7 Å². The number of fused-ring (bicyclic) bond motifs is 1. The highest BCUT2D eigenvalue weighted by Crippen LogP contribution is 2.16. The molecule has 2 rings (SSSR count). The summed E-state index contributed by atoms with van der Waals surface area (Å²) in [7, 11) is 0. The molecule has 0 spiro atoms. The van der Waals surface area contributed by atoms with Gasteiger partial charge in [0.25, 0.3) is 0 Å². The lowest BCUT2D eigenvalue weighted by Crippen LogP contribution is -2.49. The minimum Gasteiger partial charge on any atom is -0.480 e. The smallest absolute Gasteiger partial charge is 0.326 e. The number of nitrogens with one attached hydrogen (secondary N) is 2. The van der Waals surface area contributed by atoms with Crippen LogP contribution in [-0.4, -0.2) is 34.1 Å². The van der Waals surface area contributed by atoms with Gasteiger partial charge in [0.2, 0.25) is 5.91 Å². The molecule has 6 heteroatoms. The summed E-state index contributed by atoms with van der Waals surface area (Å²) in [6.07, 6.45) is 0.703. The Morgan fingerprint density at radius 3 is 2.61 bits per heavy atom. The zero-order chi connectivity index (χ0) is 17.0. The highest BCUT2D eigenvalue weighted by Gasteiger charge is 2.24. The summed E-state index contributed by atoms with van der Waals surface area (Å²) in [5.74, 6) is -1.23. The maximum absolute atomic E-state index is 12.0. The van der Waals surface area contributed by atoms with Gasteiger partial charge < -0.3 is 21.1 Å². The van der Waals surface area contributed by atoms with Gasteiger partial charge in [-0.05, 0) is 29.9 Å². The lowest BCUT2D eigenvalue weighted by molar-refractivity contribution is -0.142. The number of para-hydroxylation sites is 1. The van der Waals surface area contributed by atoms with Crippen LogP contribution in [0.1, 0.15) is 26.0 Å². The summed E-state index contributed by atoms with van der Waals surface area (Å²) in [5, 5.41) is 12.9. The second kappa shape index (κ2) is 7.28. The van der Waals surface area contributed by atoms with Crippen molar-refractivity contribution in [3.05, 3.63) is 36.0 Å². The largest absolute Gasteiger partial charge is 0.480 e. The van der Waals surface area contributed by atoms with Crippen LogP contribution >= 0.6 is 0 Å². The number of aromatic amines is 1. The fraction of sp³-hybridized carbons (Fsp3) is 0.412. The SMILES string of the molecule is CC(C)CC(N)C(=O)NC(Cc1cc2ccccc2[nH]1)C(=O)O. The van der Waals surface area contributed by atoms with Crippen LogP contribution in [0.3, 0.4) is 0 Å². The topological polar surface area (TPSA) is 108 Å². The zero-order valence-electron chi connectivity index (χ0n) is 13.4. The Labute approximate surface area is 135 Å². The third-order valence-corrected chi connectivity index (χ3v) is 3.69. The number of nitrogens with two attached hydrogens (primary N) is 1. The molecule has 0 aliphatic carbocycles. The average molecular weight is 317 g/mol. The molecule has 1 aromatic heterocycles. The highest BCUT2D eigenvalue weighted by atomic mass is 16.4. The Bertz CT molecular complexity index is 660. The fourth-order valence-electron chi connectivity index (χ4n) is 2.56. The molecule has 0 fully saturated rings. The minimum atomic E-state index is -1.08. The molecule has 5 N–H and O–H groups in total. The van der Waals surface area contributed by atoms with Gasteiger partial charge in [0.05, 0.1) is 6.04 Å². The Morgan fingerprint density at radius 2 is 2.00 bits per heavy atom. The standard InChI is InChI=1S/C17H23N3O3/c1-10(2)7-13(18)16(21)20-15(17(22)23)9-12-8-11-5-3-4-6-14(11)19-12/h3-6,8,10,13,15,19H,7,9,18H2,1-2H3,(H,20,21)(H,22,23). The number of rotatable bonds is 7. The maximum Gasteiger partial charge on any atom is 0.326 e. The van der Waals surface area contributed by atoms with Crippen molar-refractivity contribution in [3.8, 4) is 0 Å². The molecule has 1 amide bonds. The number of H-pyrrole nitrogens is 1. The number of aromatic nitrogens is 1. The maximum atomic E-state index is 12.0. The van der Waals surface area contributed by atoms with Crippen LogP contribution in [0.4, 0.5) is 0 Å². The fourth-order valence-corrected chi connectivity index (χ4v) is 2.56. The predicted octanol–water partition coefficient (Wildman–Crippen LogP) is 1.65. The van der Waals surface area contributed by atoms with Crippen molar-refractivity contribution in [3.63, 3.8) is 0 Å². The summed E-state index contributed by atoms with van der Waals surface area (Å²) in [5.41, 5.74) is 7.51. The Hall–Kier alpha value is -2.34. The van der Waals surface area contributed by atoms with E-state index < -0.39 is 24.0 Å². The third-order valence-electron chi connectivity index (χ3n) is 3.69. The van der Waals surface area contributed by atoms with Gasteiger partial charge in [-0.3, -0.25) is 4.79 Å². The van der Waals surface area contributed by atoms with Crippen LogP contribution in [0, 0.1) is 5.92 Å². The van der Waals surface area contributed by atoms with Gasteiger partial charge in [-0.2, -0.15) is 0 Å². The number of carboxylic acid groups (broad SMARTS) is 1. The van der Waals surface area contributed by atoms with E-state index in [-0.39, 0.29) is 12.3 Å². The number of aliphatic carboxylic acids is 1. The number of hydrogen-bond acceptors (Lipinski definition) is 3. The van der Waals surface area contributed by atoms with Crippen molar-refractivity contribution in [2.45, 2.75) is 38.8 Å². The first kappa shape index (κ1) is 17.0. The first-order chi connectivity index (χ1) is 10.9. The molecule has 2 aromatic rings. The van der Waals surface area contributed by atoms with Crippen LogP contribution in [0.15, 0.2) is 30.3 Å². The van der Waals surface area contributed by atoms with E-state index in [1.54, 1.807) is 0 Å². The van der Waals surface area contributed by atoms with Crippen LogP contribution in [0.25, 0.3) is 10.9 Å². The van der Waals surface area contributed by atoms with Gasteiger partial charge in [-0.15, -0.1) is 0 Å². The minimum absolute atomic E-state index is 0.185. The molecule has 23 heavy (non-hydrogen) atoms. The number of hydrogen-bond donors (Lipinski definition) is 4. The molecule has 0 bridgehead atoms. The van der Waals surface area contributed by atoms with Crippen molar-refractivity contribution < 1.29 is 14.7 Å². The average Bonchev–Trinajstić information content (AvgIpc) is 2.87. The normalized spacial score (nSPS) is 13.9. The molecule has 0 saturated carbocycles. The predicted molar refractivity (Wildman–Crippen MR) is 89.0 cm³/mol. The van der Waals surface area contributed by atoms with Gasteiger partial charge in [-0.1, -0.05) is 32.0 Å². The first-order valence-corrected chi connectivity index (χ1v) is 7.72. The zero-order valence-corrected chi connectivity index (χ0v) is 13.4. The van der Waals surface area contributed by atoms with Crippen LogP contribution in [-0.2, 0) is 16.0 Å². The monoisotopic (exact) mass is 317 g/mol. The molecular weight excluding hydrogens is 294 g/mol. The second-order valence-electron chi connectivity index (χ2n) is 6.22. The number of carbonyl (C=O) groups is 2. The number of carboxylic acids is 1. The molecule has 2 atom stereocenters. The summed E-state index contributed by atoms with van der Waals surface area (Å²) in [6, 6.07) is 7.89. The van der Waals surface area contributed by atoms with Crippen molar-refractivity contribution in [1.82, 2.24) is 10.3 Å². The van der Waals surface area contributed by atoms with E-state index in [4.69, 9.17) is 5.73 Å². The van der Waals surface area contributed by atoms with Crippen molar-refractivity contribution in [2.24, 2.45) is 11.7 Å². The lowest BCUT2D eigenvalue weighted by Gasteiger charge is -2.18. The summed E-state index contributed by atoms with van der Waals surface area (Å²) < 4.78 is 0. The molecule has 0 aliphatic rings. The molecule has 124 valence electrons. The molecule has 1 heterocycles. The van der Waals surface area contributed by atoms with Gasteiger partial charge in [0, 0.05) is 17.6 Å². The first-order valence-electron chi connectivity index (χ1n) is 7.72. The number of benzene rings is 1. The van der Waals surface area contributed by atoms with Gasteiger partial charge in [0.15, 0.2) is 0 Å². The summed E-state index contributed by atoms with van der Waals surface area (Å²) >= 11 is 0. The van der Waals surface area contributed by atoms with Crippen LogP contribution in [0.5, 0.6) is 0 Å². The quantitative estimate of drug-likeness (QED) is 0.622. The van der Waals surface area contributed by atoms with Crippen LogP contribution < -0.4 is 11.1 Å². The molecular formula is C17H23N3O3. The molecule has 6 nitrogen and oxygen atoms in total. The van der Waals surface area contributed by atoms with E-state index in [2.05, 4.69) is 10.3 Å². The van der Waals surface area contributed by atoms with E-state index >= 15 is 0 Å². The summed E-state index contributed by atoms with van der Waals surface area (Å²) in [6.45, 7) is 3.93. The lowest BCUT2D eigenvalue weighted by atomic mass is 10.0. The van der Waals surface area contributed by atoms with Gasteiger partial charge in [-0.25, -0.2) is 4.79 Å². The van der Waals surface area contributed by atoms with E-state index in [1.807, 2.05) is 44.2 Å². The van der Waals surface area contributed by atoms with E-state index in [0.717, 1.165) is 16.6 Å². The van der Waals surface area contributed by atoms with E-state index in [0.29, 0.717) is 6.42 Å². The van der Waals surface area contributed by atoms with Gasteiger partial charge in [0.1, 0.15) is 6.04 Å².